The van der Waals surface area contributed by atoms with Gasteiger partial charge in [0.05, 0.1) is 26.4 Å². The number of aliphatic hydroxyl groups is 1. The Bertz CT molecular complexity index is 2050. The van der Waals surface area contributed by atoms with Crippen LogP contribution in [0.2, 0.25) is 0 Å². The minimum Gasteiger partial charge on any atom is -0.462 e. The summed E-state index contributed by atoms with van der Waals surface area (Å²) in [6, 6.07) is 0. The molecule has 0 aromatic rings. The summed E-state index contributed by atoms with van der Waals surface area (Å²) in [4.78, 5) is 73.4. The van der Waals surface area contributed by atoms with Gasteiger partial charge in [-0.3, -0.25) is 37.3 Å². The fourth-order valence-electron chi connectivity index (χ4n) is 14.2. The molecule has 0 heterocycles. The van der Waals surface area contributed by atoms with E-state index >= 15 is 0 Å². The number of phosphoric ester groups is 2. The first-order valence-electron chi connectivity index (χ1n) is 46.8. The zero-order valence-electron chi connectivity index (χ0n) is 71.5. The molecule has 0 saturated heterocycles. The molecule has 0 spiro atoms. The molecular weight excluding hydrogens is 1410 g/mol. The third-order valence-corrected chi connectivity index (χ3v) is 23.3. The van der Waals surface area contributed by atoms with Crippen molar-refractivity contribution in [3.8, 4) is 0 Å². The second kappa shape index (κ2) is 84.0. The number of carbonyl (C=O) groups excluding carboxylic acids is 4. The molecule has 17 nitrogen and oxygen atoms in total. The highest BCUT2D eigenvalue weighted by molar-refractivity contribution is 7.47. The topological polar surface area (TPSA) is 237 Å². The van der Waals surface area contributed by atoms with E-state index in [2.05, 4.69) is 27.7 Å². The molecule has 0 aliphatic rings. The van der Waals surface area contributed by atoms with Crippen molar-refractivity contribution in [2.24, 2.45) is 0 Å². The van der Waals surface area contributed by atoms with Gasteiger partial charge in [0.1, 0.15) is 19.3 Å². The first kappa shape index (κ1) is 107. The fourth-order valence-corrected chi connectivity index (χ4v) is 15.8. The summed E-state index contributed by atoms with van der Waals surface area (Å²) in [6.07, 6.45) is 80.5. The number of hydrogen-bond acceptors (Lipinski definition) is 15. The predicted molar refractivity (Wildman–Crippen MR) is 451 cm³/mol. The molecule has 0 aliphatic heterocycles. The van der Waals surface area contributed by atoms with Crippen LogP contribution in [-0.2, 0) is 65.4 Å². The second-order valence-corrected chi connectivity index (χ2v) is 35.3. The van der Waals surface area contributed by atoms with Crippen LogP contribution in [-0.4, -0.2) is 96.7 Å². The normalized spacial score (nSPS) is 13.6. The van der Waals surface area contributed by atoms with E-state index in [0.717, 1.165) is 89.9 Å². The number of aliphatic hydroxyl groups excluding tert-OH is 1. The van der Waals surface area contributed by atoms with Gasteiger partial charge in [-0.05, 0) is 25.7 Å². The van der Waals surface area contributed by atoms with Crippen molar-refractivity contribution in [1.29, 1.82) is 0 Å². The van der Waals surface area contributed by atoms with E-state index < -0.39 is 97.5 Å². The third-order valence-electron chi connectivity index (χ3n) is 21.4. The standard InChI is InChI=1S/C90H176O17P2/c1-5-9-13-17-21-25-29-33-36-39-42-45-47-51-55-59-63-67-71-75-88(93)101-81-86(107-90(95)77-73-69-65-61-57-53-49-46-43-40-37-34-30-26-22-18-14-10-6-2)83-105-109(98,99)103-79-84(91)78-102-108(96,97)104-82-85(80-100-87(92)74-70-66-62-58-54-50-32-28-24-20-16-12-8-4)106-89(94)76-72-68-64-60-56-52-48-44-41-38-35-31-27-23-19-15-11-7-3/h84-86,91H,5-83H2,1-4H3,(H,96,97)(H,98,99)/t84-,85+,86+/m0/s1. The average molecular weight is 1590 g/mol. The molecule has 648 valence electrons. The molecule has 0 aliphatic carbocycles. The van der Waals surface area contributed by atoms with Gasteiger partial charge in [0, 0.05) is 25.7 Å². The Hall–Kier alpha value is -1.94. The Kier molecular flexibility index (Phi) is 82.5. The number of hydrogen-bond donors (Lipinski definition) is 3. The molecule has 0 aromatic carbocycles. The van der Waals surface area contributed by atoms with Gasteiger partial charge >= 0.3 is 39.5 Å². The maximum atomic E-state index is 13.2. The van der Waals surface area contributed by atoms with Crippen molar-refractivity contribution in [3.63, 3.8) is 0 Å². The van der Waals surface area contributed by atoms with Crippen LogP contribution in [0.15, 0.2) is 0 Å². The molecule has 19 heteroatoms. The van der Waals surface area contributed by atoms with Crippen LogP contribution in [0.3, 0.4) is 0 Å². The van der Waals surface area contributed by atoms with E-state index in [0.29, 0.717) is 25.7 Å². The van der Waals surface area contributed by atoms with Crippen molar-refractivity contribution >= 4 is 39.5 Å². The number of esters is 4. The Morgan fingerprint density at radius 2 is 0.367 bits per heavy atom. The van der Waals surface area contributed by atoms with E-state index in [1.165, 1.54) is 327 Å². The molecule has 0 amide bonds. The average Bonchev–Trinajstić information content (AvgIpc) is 0.905. The van der Waals surface area contributed by atoms with Gasteiger partial charge in [0.15, 0.2) is 12.2 Å². The summed E-state index contributed by atoms with van der Waals surface area (Å²) < 4.78 is 69.1. The summed E-state index contributed by atoms with van der Waals surface area (Å²) in [5, 5.41) is 10.7. The second-order valence-electron chi connectivity index (χ2n) is 32.3. The molecule has 0 fully saturated rings. The summed E-state index contributed by atoms with van der Waals surface area (Å²) in [7, 11) is -9.93. The lowest BCUT2D eigenvalue weighted by Crippen LogP contribution is -2.30. The molecule has 2 unspecified atom stereocenters. The van der Waals surface area contributed by atoms with Gasteiger partial charge in [-0.1, -0.05) is 445 Å². The van der Waals surface area contributed by atoms with Gasteiger partial charge in [-0.15, -0.1) is 0 Å². The van der Waals surface area contributed by atoms with Crippen LogP contribution >= 0.6 is 15.6 Å². The van der Waals surface area contributed by atoms with E-state index in [1.807, 2.05) is 0 Å². The van der Waals surface area contributed by atoms with Crippen LogP contribution in [0.25, 0.3) is 0 Å². The van der Waals surface area contributed by atoms with E-state index in [9.17, 15) is 43.2 Å². The Morgan fingerprint density at radius 1 is 0.220 bits per heavy atom. The fraction of sp³-hybridized carbons (Fsp3) is 0.956. The van der Waals surface area contributed by atoms with Gasteiger partial charge in [-0.25, -0.2) is 9.13 Å². The minimum absolute atomic E-state index is 0.110. The zero-order chi connectivity index (χ0) is 79.6. The minimum atomic E-state index is -4.97. The first-order valence-corrected chi connectivity index (χ1v) is 49.8. The van der Waals surface area contributed by atoms with Crippen molar-refractivity contribution in [1.82, 2.24) is 0 Å². The zero-order valence-corrected chi connectivity index (χ0v) is 73.3. The molecule has 0 rings (SSSR count). The summed E-state index contributed by atoms with van der Waals surface area (Å²) >= 11 is 0. The molecule has 0 saturated carbocycles. The van der Waals surface area contributed by atoms with E-state index in [1.54, 1.807) is 0 Å². The van der Waals surface area contributed by atoms with Crippen molar-refractivity contribution < 1.29 is 80.2 Å². The SMILES string of the molecule is CCCCCCCCCCCCCCCCCCCCCC(=O)OC[C@H](COP(=O)(O)OC[C@@H](O)COP(=O)(O)OC[C@@H](COC(=O)CCCCCCCCCCCCCCC)OC(=O)CCCCCCCCCCCCCCCCCCCC)OC(=O)CCCCCCCCCCCCCCCCCCCCC. The maximum Gasteiger partial charge on any atom is 0.472 e. The predicted octanol–water partition coefficient (Wildman–Crippen LogP) is 28.1. The van der Waals surface area contributed by atoms with Crippen LogP contribution in [0.1, 0.15) is 496 Å². The number of unbranched alkanes of at least 4 members (excludes halogenated alkanes) is 65. The van der Waals surface area contributed by atoms with Crippen LogP contribution in [0.5, 0.6) is 0 Å². The molecule has 109 heavy (non-hydrogen) atoms. The van der Waals surface area contributed by atoms with Gasteiger partial charge < -0.3 is 33.8 Å². The van der Waals surface area contributed by atoms with E-state index in [-0.39, 0.29) is 25.7 Å². The third kappa shape index (κ3) is 83.8. The summed E-state index contributed by atoms with van der Waals surface area (Å²) in [6.45, 7) is 5.09. The Balaban J connectivity index is 5.26. The smallest absolute Gasteiger partial charge is 0.462 e. The Labute approximate surface area is 670 Å². The largest absolute Gasteiger partial charge is 0.472 e. The van der Waals surface area contributed by atoms with Crippen molar-refractivity contribution in [2.75, 3.05) is 39.6 Å². The van der Waals surface area contributed by atoms with Crippen LogP contribution in [0, 0.1) is 0 Å². The highest BCUT2D eigenvalue weighted by Gasteiger charge is 2.30. The van der Waals surface area contributed by atoms with Crippen LogP contribution < -0.4 is 0 Å². The van der Waals surface area contributed by atoms with Gasteiger partial charge in [0.2, 0.25) is 0 Å². The van der Waals surface area contributed by atoms with Gasteiger partial charge in [0.25, 0.3) is 0 Å². The highest BCUT2D eigenvalue weighted by Crippen LogP contribution is 2.45. The van der Waals surface area contributed by atoms with Crippen LogP contribution in [0.4, 0.5) is 0 Å². The first-order chi connectivity index (χ1) is 53.2. The molecular formula is C90H176O17P2. The van der Waals surface area contributed by atoms with Crippen molar-refractivity contribution in [2.45, 2.75) is 515 Å². The lowest BCUT2D eigenvalue weighted by Gasteiger charge is -2.21. The molecule has 3 N–H and O–H groups in total. The number of carbonyl (C=O) groups is 4. The Morgan fingerprint density at radius 3 is 0.541 bits per heavy atom. The summed E-state index contributed by atoms with van der Waals surface area (Å²) in [5.41, 5.74) is 0. The lowest BCUT2D eigenvalue weighted by molar-refractivity contribution is -0.161. The number of rotatable bonds is 91. The number of ether oxygens (including phenoxy) is 4. The molecule has 5 atom stereocenters. The highest BCUT2D eigenvalue weighted by atomic mass is 31.2. The molecule has 0 aromatic heterocycles. The maximum absolute atomic E-state index is 13.2. The van der Waals surface area contributed by atoms with E-state index in [4.69, 9.17) is 37.0 Å². The monoisotopic (exact) mass is 1590 g/mol. The quantitative estimate of drug-likeness (QED) is 0.0222. The lowest BCUT2D eigenvalue weighted by atomic mass is 10.0. The van der Waals surface area contributed by atoms with Gasteiger partial charge in [-0.2, -0.15) is 0 Å². The number of phosphoric acid groups is 2. The molecule has 0 bridgehead atoms. The molecule has 0 radical (unpaired) electrons. The van der Waals surface area contributed by atoms with Crippen molar-refractivity contribution in [3.05, 3.63) is 0 Å². The summed E-state index contributed by atoms with van der Waals surface area (Å²) in [5.74, 6) is -2.09.